The Morgan fingerprint density at radius 3 is 2.50 bits per heavy atom. The molecule has 0 radical (unpaired) electrons. The van der Waals surface area contributed by atoms with Crippen LogP contribution in [0.5, 0.6) is 0 Å². The van der Waals surface area contributed by atoms with Crippen LogP contribution < -0.4 is 10.2 Å². The van der Waals surface area contributed by atoms with Crippen molar-refractivity contribution in [2.45, 2.75) is 6.92 Å². The normalized spacial score (nSPS) is 10.2. The average molecular weight is 273 g/mol. The number of aryl methyl sites for hydroxylation is 1. The first-order valence-electron chi connectivity index (χ1n) is 6.21. The molecule has 1 aromatic heterocycles. The molecule has 0 spiro atoms. The Balaban J connectivity index is 2.30. The van der Waals surface area contributed by atoms with E-state index in [-0.39, 0.29) is 11.7 Å². The summed E-state index contributed by atoms with van der Waals surface area (Å²) in [6, 6.07) is 9.21. The lowest BCUT2D eigenvalue weighted by atomic mass is 10.2. The lowest BCUT2D eigenvalue weighted by Crippen LogP contribution is -2.26. The van der Waals surface area contributed by atoms with E-state index in [4.69, 9.17) is 0 Å². The van der Waals surface area contributed by atoms with Crippen LogP contribution in [-0.4, -0.2) is 25.0 Å². The number of carbonyl (C=O) groups is 1. The molecule has 0 fully saturated rings. The van der Waals surface area contributed by atoms with Crippen LogP contribution in [0.3, 0.4) is 0 Å². The minimum absolute atomic E-state index is 0.168. The zero-order valence-corrected chi connectivity index (χ0v) is 11.6. The first-order valence-corrected chi connectivity index (χ1v) is 6.21. The lowest BCUT2D eigenvalue weighted by molar-refractivity contribution is 0.0993. The van der Waals surface area contributed by atoms with Gasteiger partial charge in [0.1, 0.15) is 11.6 Å². The molecule has 0 saturated carbocycles. The van der Waals surface area contributed by atoms with E-state index >= 15 is 0 Å². The third-order valence-electron chi connectivity index (χ3n) is 2.98. The van der Waals surface area contributed by atoms with Gasteiger partial charge in [0.05, 0.1) is 0 Å². The number of hydrogen-bond donors (Lipinski definition) is 1. The highest BCUT2D eigenvalue weighted by Gasteiger charge is 2.15. The zero-order chi connectivity index (χ0) is 14.7. The first-order chi connectivity index (χ1) is 9.51. The van der Waals surface area contributed by atoms with E-state index in [1.807, 2.05) is 6.92 Å². The second kappa shape index (κ2) is 5.69. The number of amides is 1. The third kappa shape index (κ3) is 2.93. The predicted molar refractivity (Wildman–Crippen MR) is 77.7 cm³/mol. The fourth-order valence-electron chi connectivity index (χ4n) is 1.90. The van der Waals surface area contributed by atoms with Gasteiger partial charge in [-0.25, -0.2) is 9.37 Å². The predicted octanol–water partition coefficient (Wildman–Crippen LogP) is 2.85. The van der Waals surface area contributed by atoms with Gasteiger partial charge in [-0.05, 0) is 43.3 Å². The van der Waals surface area contributed by atoms with Crippen molar-refractivity contribution >= 4 is 17.4 Å². The van der Waals surface area contributed by atoms with Gasteiger partial charge in [-0.1, -0.05) is 0 Å². The summed E-state index contributed by atoms with van der Waals surface area (Å²) < 4.78 is 12.9. The van der Waals surface area contributed by atoms with Gasteiger partial charge in [-0.2, -0.15) is 0 Å². The summed E-state index contributed by atoms with van der Waals surface area (Å²) in [7, 11) is 3.41. The highest BCUT2D eigenvalue weighted by atomic mass is 19.1. The van der Waals surface area contributed by atoms with Crippen molar-refractivity contribution in [3.8, 4) is 0 Å². The van der Waals surface area contributed by atoms with Gasteiger partial charge in [0.15, 0.2) is 0 Å². The monoisotopic (exact) mass is 273 g/mol. The van der Waals surface area contributed by atoms with E-state index in [2.05, 4.69) is 10.3 Å². The second-order valence-electron chi connectivity index (χ2n) is 4.47. The second-order valence-corrected chi connectivity index (χ2v) is 4.47. The van der Waals surface area contributed by atoms with Gasteiger partial charge >= 0.3 is 0 Å². The Hall–Kier alpha value is -2.43. The Morgan fingerprint density at radius 2 is 1.90 bits per heavy atom. The van der Waals surface area contributed by atoms with Crippen LogP contribution in [0.2, 0.25) is 0 Å². The number of anilines is 2. The number of nitrogens with one attached hydrogen (secondary N) is 1. The Morgan fingerprint density at radius 1 is 1.25 bits per heavy atom. The fourth-order valence-corrected chi connectivity index (χ4v) is 1.90. The number of benzene rings is 1. The minimum Gasteiger partial charge on any atom is -0.373 e. The first kappa shape index (κ1) is 14.0. The van der Waals surface area contributed by atoms with Gasteiger partial charge in [0, 0.05) is 31.0 Å². The number of hydrogen-bond acceptors (Lipinski definition) is 3. The molecule has 2 rings (SSSR count). The molecule has 5 heteroatoms. The van der Waals surface area contributed by atoms with Crippen molar-refractivity contribution in [3.63, 3.8) is 0 Å². The van der Waals surface area contributed by atoms with Crippen molar-refractivity contribution in [1.82, 2.24) is 4.98 Å². The van der Waals surface area contributed by atoms with Crippen LogP contribution >= 0.6 is 0 Å². The zero-order valence-electron chi connectivity index (χ0n) is 11.6. The molecule has 1 amide bonds. The third-order valence-corrected chi connectivity index (χ3v) is 2.98. The smallest absolute Gasteiger partial charge is 0.258 e. The standard InChI is InChI=1S/C15H16FN3O/c1-10-8-11(9-14(17-2)18-10)15(20)19(3)13-6-4-12(16)5-7-13/h4-9H,1-3H3,(H,17,18). The molecule has 0 aliphatic heterocycles. The molecule has 0 saturated heterocycles. The summed E-state index contributed by atoms with van der Waals surface area (Å²) in [5, 5.41) is 2.92. The van der Waals surface area contributed by atoms with Gasteiger partial charge in [0.2, 0.25) is 0 Å². The van der Waals surface area contributed by atoms with E-state index < -0.39 is 0 Å². The summed E-state index contributed by atoms with van der Waals surface area (Å²) in [5.74, 6) is 0.145. The van der Waals surface area contributed by atoms with Gasteiger partial charge in [0.25, 0.3) is 5.91 Å². The van der Waals surface area contributed by atoms with Crippen molar-refractivity contribution in [1.29, 1.82) is 0 Å². The number of rotatable bonds is 3. The van der Waals surface area contributed by atoms with E-state index in [0.29, 0.717) is 17.1 Å². The molecule has 0 atom stereocenters. The molecule has 0 bridgehead atoms. The molecule has 104 valence electrons. The van der Waals surface area contributed by atoms with Crippen molar-refractivity contribution in [3.05, 3.63) is 53.5 Å². The summed E-state index contributed by atoms with van der Waals surface area (Å²) in [6.07, 6.45) is 0. The fraction of sp³-hybridized carbons (Fsp3) is 0.200. The number of nitrogens with zero attached hydrogens (tertiary/aromatic N) is 2. The highest BCUT2D eigenvalue weighted by molar-refractivity contribution is 6.06. The number of aromatic nitrogens is 1. The molecule has 4 nitrogen and oxygen atoms in total. The Bertz CT molecular complexity index is 626. The molecular formula is C15H16FN3O. The van der Waals surface area contributed by atoms with E-state index in [1.165, 1.54) is 17.0 Å². The Kier molecular flexibility index (Phi) is 3.98. The van der Waals surface area contributed by atoms with Crippen LogP contribution in [0.25, 0.3) is 0 Å². The maximum absolute atomic E-state index is 12.9. The molecule has 0 aliphatic rings. The maximum atomic E-state index is 12.9. The largest absolute Gasteiger partial charge is 0.373 e. The average Bonchev–Trinajstić information content (AvgIpc) is 2.45. The highest BCUT2D eigenvalue weighted by Crippen LogP contribution is 2.18. The van der Waals surface area contributed by atoms with E-state index in [1.54, 1.807) is 38.4 Å². The van der Waals surface area contributed by atoms with Crippen molar-refractivity contribution < 1.29 is 9.18 Å². The summed E-state index contributed by atoms with van der Waals surface area (Å²) in [4.78, 5) is 18.2. The SMILES string of the molecule is CNc1cc(C(=O)N(C)c2ccc(F)cc2)cc(C)n1. The van der Waals surface area contributed by atoms with E-state index in [0.717, 1.165) is 5.69 Å². The van der Waals surface area contributed by atoms with E-state index in [9.17, 15) is 9.18 Å². The summed E-state index contributed by atoms with van der Waals surface area (Å²) in [5.41, 5.74) is 1.93. The summed E-state index contributed by atoms with van der Waals surface area (Å²) in [6.45, 7) is 1.83. The number of halogens is 1. The Labute approximate surface area is 117 Å². The van der Waals surface area contributed by atoms with Crippen molar-refractivity contribution in [2.24, 2.45) is 0 Å². The molecular weight excluding hydrogens is 257 g/mol. The lowest BCUT2D eigenvalue weighted by Gasteiger charge is -2.18. The molecule has 20 heavy (non-hydrogen) atoms. The van der Waals surface area contributed by atoms with Gasteiger partial charge < -0.3 is 10.2 Å². The molecule has 1 heterocycles. The molecule has 0 aliphatic carbocycles. The topological polar surface area (TPSA) is 45.2 Å². The summed E-state index contributed by atoms with van der Waals surface area (Å²) >= 11 is 0. The number of pyridine rings is 1. The molecule has 1 aromatic carbocycles. The van der Waals surface area contributed by atoms with Crippen LogP contribution in [0.1, 0.15) is 16.1 Å². The number of carbonyl (C=O) groups excluding carboxylic acids is 1. The van der Waals surface area contributed by atoms with Crippen LogP contribution in [-0.2, 0) is 0 Å². The van der Waals surface area contributed by atoms with Crippen LogP contribution in [0, 0.1) is 12.7 Å². The van der Waals surface area contributed by atoms with Crippen LogP contribution in [0.4, 0.5) is 15.9 Å². The van der Waals surface area contributed by atoms with Gasteiger partial charge in [-0.3, -0.25) is 4.79 Å². The quantitative estimate of drug-likeness (QED) is 0.935. The maximum Gasteiger partial charge on any atom is 0.258 e. The van der Waals surface area contributed by atoms with Crippen LogP contribution in [0.15, 0.2) is 36.4 Å². The van der Waals surface area contributed by atoms with Gasteiger partial charge in [-0.15, -0.1) is 0 Å². The molecule has 2 aromatic rings. The van der Waals surface area contributed by atoms with Crippen molar-refractivity contribution in [2.75, 3.05) is 24.3 Å². The molecule has 1 N–H and O–H groups in total. The minimum atomic E-state index is -0.327. The molecule has 0 unspecified atom stereocenters.